The zero-order valence-corrected chi connectivity index (χ0v) is 20.9. The topological polar surface area (TPSA) is 79.6 Å². The van der Waals surface area contributed by atoms with Crippen molar-refractivity contribution in [3.05, 3.63) is 104 Å². The molecule has 1 saturated carbocycles. The van der Waals surface area contributed by atoms with Crippen molar-refractivity contribution in [2.24, 2.45) is 11.1 Å². The highest BCUT2D eigenvalue weighted by Crippen LogP contribution is 2.40. The van der Waals surface area contributed by atoms with E-state index in [-0.39, 0.29) is 11.8 Å². The van der Waals surface area contributed by atoms with Gasteiger partial charge in [0.2, 0.25) is 0 Å². The highest BCUT2D eigenvalue weighted by atomic mass is 35.5. The Kier molecular flexibility index (Phi) is 7.97. The van der Waals surface area contributed by atoms with Crippen LogP contribution in [0.5, 0.6) is 0 Å². The maximum Gasteiger partial charge on any atom is 0.306 e. The fraction of sp³-hybridized carbons (Fsp3) is 0.379. The molecule has 0 bridgehead atoms. The largest absolute Gasteiger partial charge is 0.481 e. The van der Waals surface area contributed by atoms with Crippen LogP contribution in [-0.4, -0.2) is 16.1 Å². The van der Waals surface area contributed by atoms with Crippen LogP contribution in [0.25, 0.3) is 0 Å². The molecule has 1 aromatic heterocycles. The number of aryl methyl sites for hydroxylation is 2. The van der Waals surface area contributed by atoms with Crippen molar-refractivity contribution in [3.8, 4) is 0 Å². The summed E-state index contributed by atoms with van der Waals surface area (Å²) in [7, 11) is 0. The summed E-state index contributed by atoms with van der Waals surface area (Å²) in [5.41, 5.74) is 6.31. The number of pyridine rings is 1. The number of halogens is 1. The van der Waals surface area contributed by atoms with E-state index in [1.165, 1.54) is 5.56 Å². The van der Waals surface area contributed by atoms with Crippen molar-refractivity contribution in [1.29, 1.82) is 0 Å². The Morgan fingerprint density at radius 2 is 1.74 bits per heavy atom. The molecule has 0 saturated heterocycles. The standard InChI is InChI=1S/C29H31ClN2O3/c1-18-15-25(30)11-12-26(18)27(17-28(32-35)24-13-14-31-19(2)16-24)22-7-3-20(4-8-22)21-5-9-23(10-6-21)29(33)34/h3-4,7-8,11-16,21,23,27-28H,5-6,9-10,17H2,1-2H3,(H,33,34)/t21?,23?,27-,28?/m1/s1. The van der Waals surface area contributed by atoms with Crippen LogP contribution in [0.2, 0.25) is 5.02 Å². The molecule has 0 amide bonds. The van der Waals surface area contributed by atoms with Crippen molar-refractivity contribution >= 4 is 17.6 Å². The van der Waals surface area contributed by atoms with Gasteiger partial charge in [0, 0.05) is 22.8 Å². The molecule has 1 heterocycles. The average molecular weight is 491 g/mol. The minimum absolute atomic E-state index is 0.0276. The zero-order chi connectivity index (χ0) is 24.9. The first-order valence-corrected chi connectivity index (χ1v) is 12.6. The van der Waals surface area contributed by atoms with Gasteiger partial charge in [0.1, 0.15) is 6.04 Å². The molecular weight excluding hydrogens is 460 g/mol. The third-order valence-corrected chi connectivity index (χ3v) is 7.62. The summed E-state index contributed by atoms with van der Waals surface area (Å²) >= 11 is 6.24. The highest BCUT2D eigenvalue weighted by Gasteiger charge is 2.28. The summed E-state index contributed by atoms with van der Waals surface area (Å²) in [6, 6.07) is 17.8. The number of rotatable bonds is 8. The van der Waals surface area contributed by atoms with Gasteiger partial charge in [-0.3, -0.25) is 9.78 Å². The van der Waals surface area contributed by atoms with Crippen LogP contribution in [0.15, 0.2) is 66.0 Å². The van der Waals surface area contributed by atoms with Crippen LogP contribution in [-0.2, 0) is 4.79 Å². The number of nitroso groups, excluding NO2 is 1. The second kappa shape index (κ2) is 11.1. The molecule has 6 heteroatoms. The van der Waals surface area contributed by atoms with Crippen LogP contribution in [0.1, 0.15) is 83.5 Å². The van der Waals surface area contributed by atoms with E-state index in [0.717, 1.165) is 53.6 Å². The first-order chi connectivity index (χ1) is 16.9. The minimum atomic E-state index is -0.678. The van der Waals surface area contributed by atoms with Crippen molar-refractivity contribution in [2.45, 2.75) is 63.8 Å². The van der Waals surface area contributed by atoms with Crippen LogP contribution in [0.4, 0.5) is 0 Å². The quantitative estimate of drug-likeness (QED) is 0.327. The smallest absolute Gasteiger partial charge is 0.306 e. The molecule has 1 N–H and O–H groups in total. The van der Waals surface area contributed by atoms with Crippen molar-refractivity contribution in [2.75, 3.05) is 0 Å². The van der Waals surface area contributed by atoms with Crippen molar-refractivity contribution < 1.29 is 9.90 Å². The third kappa shape index (κ3) is 5.96. The summed E-state index contributed by atoms with van der Waals surface area (Å²) in [6.45, 7) is 3.96. The molecule has 182 valence electrons. The van der Waals surface area contributed by atoms with E-state index in [1.807, 2.05) is 44.2 Å². The molecule has 2 aromatic carbocycles. The Bertz CT molecular complexity index is 1190. The predicted octanol–water partition coefficient (Wildman–Crippen LogP) is 7.74. The molecule has 5 nitrogen and oxygen atoms in total. The second-order valence-corrected chi connectivity index (χ2v) is 10.1. The van der Waals surface area contributed by atoms with Gasteiger partial charge in [-0.05, 0) is 104 Å². The molecular formula is C29H31ClN2O3. The number of carboxylic acids is 1. The lowest BCUT2D eigenvalue weighted by Gasteiger charge is -2.27. The van der Waals surface area contributed by atoms with Crippen LogP contribution >= 0.6 is 11.6 Å². The fourth-order valence-electron chi connectivity index (χ4n) is 5.38. The Balaban J connectivity index is 1.62. The number of hydrogen-bond acceptors (Lipinski definition) is 4. The van der Waals surface area contributed by atoms with Gasteiger partial charge >= 0.3 is 5.97 Å². The van der Waals surface area contributed by atoms with Gasteiger partial charge in [-0.15, -0.1) is 0 Å². The summed E-state index contributed by atoms with van der Waals surface area (Å²) in [5.74, 6) is -0.533. The van der Waals surface area contributed by atoms with Crippen molar-refractivity contribution in [1.82, 2.24) is 4.98 Å². The monoisotopic (exact) mass is 490 g/mol. The van der Waals surface area contributed by atoms with E-state index in [4.69, 9.17) is 11.6 Å². The molecule has 1 aliphatic carbocycles. The lowest BCUT2D eigenvalue weighted by Crippen LogP contribution is -2.20. The first-order valence-electron chi connectivity index (χ1n) is 12.2. The van der Waals surface area contributed by atoms with E-state index in [9.17, 15) is 14.8 Å². The van der Waals surface area contributed by atoms with E-state index in [0.29, 0.717) is 17.4 Å². The van der Waals surface area contributed by atoms with Crippen molar-refractivity contribution in [3.63, 3.8) is 0 Å². The third-order valence-electron chi connectivity index (χ3n) is 7.39. The second-order valence-electron chi connectivity index (χ2n) is 9.69. The Labute approximate surface area is 211 Å². The molecule has 2 atom stereocenters. The number of benzene rings is 2. The molecule has 1 aliphatic rings. The first kappa shape index (κ1) is 25.1. The van der Waals surface area contributed by atoms with Gasteiger partial charge in [0.15, 0.2) is 0 Å². The minimum Gasteiger partial charge on any atom is -0.481 e. The summed E-state index contributed by atoms with van der Waals surface area (Å²) in [5, 5.41) is 13.5. The molecule has 1 fully saturated rings. The number of aliphatic carboxylic acids is 1. The Hall–Kier alpha value is -3.05. The number of hydrogen-bond donors (Lipinski definition) is 1. The molecule has 1 unspecified atom stereocenters. The predicted molar refractivity (Wildman–Crippen MR) is 139 cm³/mol. The summed E-state index contributed by atoms with van der Waals surface area (Å²) in [4.78, 5) is 27.5. The maximum absolute atomic E-state index is 12.0. The molecule has 0 aliphatic heterocycles. The zero-order valence-electron chi connectivity index (χ0n) is 20.2. The lowest BCUT2D eigenvalue weighted by atomic mass is 9.77. The summed E-state index contributed by atoms with van der Waals surface area (Å²) in [6.07, 6.45) is 5.51. The molecule has 0 radical (unpaired) electrons. The van der Waals surface area contributed by atoms with Crippen LogP contribution in [0, 0.1) is 24.7 Å². The maximum atomic E-state index is 12.0. The van der Waals surface area contributed by atoms with E-state index >= 15 is 0 Å². The van der Waals surface area contributed by atoms with Gasteiger partial charge in [-0.2, -0.15) is 4.91 Å². The number of carboxylic acid groups (broad SMARTS) is 1. The van der Waals surface area contributed by atoms with Gasteiger partial charge in [0.05, 0.1) is 5.92 Å². The number of nitrogens with zero attached hydrogens (tertiary/aromatic N) is 2. The lowest BCUT2D eigenvalue weighted by molar-refractivity contribution is -0.142. The van der Waals surface area contributed by atoms with Crippen LogP contribution in [0.3, 0.4) is 0 Å². The number of carbonyl (C=O) groups is 1. The average Bonchev–Trinajstić information content (AvgIpc) is 2.86. The van der Waals surface area contributed by atoms with Gasteiger partial charge in [-0.25, -0.2) is 0 Å². The van der Waals surface area contributed by atoms with Crippen LogP contribution < -0.4 is 0 Å². The van der Waals surface area contributed by atoms with E-state index < -0.39 is 12.0 Å². The molecule has 4 rings (SSSR count). The fourth-order valence-corrected chi connectivity index (χ4v) is 5.61. The summed E-state index contributed by atoms with van der Waals surface area (Å²) < 4.78 is 0. The van der Waals surface area contributed by atoms with E-state index in [1.54, 1.807) is 6.20 Å². The highest BCUT2D eigenvalue weighted by molar-refractivity contribution is 6.30. The van der Waals surface area contributed by atoms with Gasteiger partial charge < -0.3 is 5.11 Å². The molecule has 0 spiro atoms. The normalized spacial score (nSPS) is 19.6. The van der Waals surface area contributed by atoms with Gasteiger partial charge in [0.25, 0.3) is 0 Å². The Morgan fingerprint density at radius 3 is 2.34 bits per heavy atom. The molecule has 35 heavy (non-hydrogen) atoms. The SMILES string of the molecule is Cc1cc(C(C[C@H](c2ccc(C3CCC(C(=O)O)CC3)cc2)c2ccc(Cl)cc2C)N=O)ccn1. The van der Waals surface area contributed by atoms with E-state index in [2.05, 4.69) is 34.4 Å². The van der Waals surface area contributed by atoms with Gasteiger partial charge in [-0.1, -0.05) is 47.1 Å². The number of aromatic nitrogens is 1. The Morgan fingerprint density at radius 1 is 1.03 bits per heavy atom. The molecule has 3 aromatic rings.